The average molecular weight is 162 g/mol. The minimum absolute atomic E-state index is 3.06. The minimum atomic E-state index is -4.82. The van der Waals surface area contributed by atoms with Crippen LogP contribution in [0.3, 0.4) is 0 Å². The van der Waals surface area contributed by atoms with E-state index in [1.807, 2.05) is 0 Å². The molecular formula is H3O6PS. The number of hydrogen-bond donors (Lipinski definition) is 3. The van der Waals surface area contributed by atoms with Crippen LogP contribution < -0.4 is 0 Å². The van der Waals surface area contributed by atoms with E-state index in [9.17, 15) is 13.0 Å². The van der Waals surface area contributed by atoms with Gasteiger partial charge in [0.15, 0.2) is 0 Å². The van der Waals surface area contributed by atoms with Crippen molar-refractivity contribution >= 4 is 18.8 Å². The Balaban J connectivity index is 3.94. The third-order valence-electron chi connectivity index (χ3n) is 0.173. The fraction of sp³-hybridized carbons (Fsp3) is 0. The Bertz CT molecular complexity index is 163. The highest BCUT2D eigenvalue weighted by Crippen LogP contribution is 2.35. The molecule has 0 aliphatic heterocycles. The summed E-state index contributed by atoms with van der Waals surface area (Å²) in [5, 5.41) is 0. The second-order valence-corrected chi connectivity index (χ2v) is 2.88. The number of thiol groups is 1. The van der Waals surface area contributed by atoms with Gasteiger partial charge in [0.25, 0.3) is 11.0 Å². The van der Waals surface area contributed by atoms with Gasteiger partial charge in [-0.3, -0.25) is 0 Å². The molecule has 50 valence electrons. The SMILES string of the molecule is O=[SH](=O)OP(=O)(O)O. The molecule has 0 unspecified atom stereocenters. The van der Waals surface area contributed by atoms with E-state index in [-0.39, 0.29) is 0 Å². The smallest absolute Gasteiger partial charge is 0.302 e. The van der Waals surface area contributed by atoms with Gasteiger partial charge in [-0.05, 0) is 0 Å². The molecule has 0 fully saturated rings. The molecule has 0 aliphatic carbocycles. The van der Waals surface area contributed by atoms with Crippen LogP contribution in [0.15, 0.2) is 0 Å². The molecule has 8 heavy (non-hydrogen) atoms. The first-order chi connectivity index (χ1) is 3.42. The average Bonchev–Trinajstić information content (AvgIpc) is 1.21. The van der Waals surface area contributed by atoms with Crippen molar-refractivity contribution in [1.82, 2.24) is 0 Å². The molecule has 0 saturated carbocycles. The van der Waals surface area contributed by atoms with Crippen molar-refractivity contribution in [3.8, 4) is 0 Å². The molecule has 0 bridgehead atoms. The predicted molar refractivity (Wildman–Crippen MR) is 23.4 cm³/mol. The fourth-order valence-electron chi connectivity index (χ4n) is 0.0868. The van der Waals surface area contributed by atoms with Gasteiger partial charge >= 0.3 is 7.82 Å². The maximum atomic E-state index is 9.53. The summed E-state index contributed by atoms with van der Waals surface area (Å²) in [5.74, 6) is 0. The van der Waals surface area contributed by atoms with Crippen LogP contribution >= 0.6 is 7.82 Å². The van der Waals surface area contributed by atoms with Crippen molar-refractivity contribution in [3.63, 3.8) is 0 Å². The lowest BCUT2D eigenvalue weighted by atomic mass is 15.7. The molecular weight excluding hydrogens is 159 g/mol. The normalized spacial score (nSPS) is 12.4. The lowest BCUT2D eigenvalue weighted by Crippen LogP contribution is -1.83. The van der Waals surface area contributed by atoms with E-state index < -0.39 is 18.8 Å². The van der Waals surface area contributed by atoms with Gasteiger partial charge < -0.3 is 9.79 Å². The lowest BCUT2D eigenvalue weighted by molar-refractivity contribution is 0.289. The van der Waals surface area contributed by atoms with Crippen LogP contribution in [0.2, 0.25) is 0 Å². The quantitative estimate of drug-likeness (QED) is 0.341. The van der Waals surface area contributed by atoms with Gasteiger partial charge in [-0.2, -0.15) is 3.97 Å². The molecule has 0 amide bonds. The summed E-state index contributed by atoms with van der Waals surface area (Å²) < 4.78 is 31.3. The van der Waals surface area contributed by atoms with Crippen molar-refractivity contribution in [2.75, 3.05) is 0 Å². The summed E-state index contributed by atoms with van der Waals surface area (Å²) in [5.41, 5.74) is 0. The highest BCUT2D eigenvalue weighted by Gasteiger charge is 2.14. The van der Waals surface area contributed by atoms with Crippen LogP contribution in [0, 0.1) is 0 Å². The van der Waals surface area contributed by atoms with E-state index in [4.69, 9.17) is 9.79 Å². The summed E-state index contributed by atoms with van der Waals surface area (Å²) in [6, 6.07) is 0. The number of hydrogen-bond acceptors (Lipinski definition) is 4. The Morgan fingerprint density at radius 2 is 1.75 bits per heavy atom. The van der Waals surface area contributed by atoms with Gasteiger partial charge in [0.05, 0.1) is 0 Å². The summed E-state index contributed by atoms with van der Waals surface area (Å²) in [6.07, 6.45) is 0. The molecule has 0 saturated heterocycles. The molecule has 0 aromatic heterocycles. The predicted octanol–water partition coefficient (Wildman–Crippen LogP) is -1.38. The number of phosphoric acid groups is 1. The molecule has 0 aromatic carbocycles. The van der Waals surface area contributed by atoms with Gasteiger partial charge in [-0.1, -0.05) is 0 Å². The Morgan fingerprint density at radius 3 is 1.75 bits per heavy atom. The van der Waals surface area contributed by atoms with Crippen molar-refractivity contribution in [1.29, 1.82) is 0 Å². The number of rotatable bonds is 2. The van der Waals surface area contributed by atoms with Gasteiger partial charge in [0.2, 0.25) is 0 Å². The van der Waals surface area contributed by atoms with Crippen LogP contribution in [-0.2, 0) is 19.5 Å². The summed E-state index contributed by atoms with van der Waals surface area (Å²) in [7, 11) is -8.27. The zero-order chi connectivity index (χ0) is 6.78. The van der Waals surface area contributed by atoms with Gasteiger partial charge in [-0.25, -0.2) is 13.0 Å². The third-order valence-corrected chi connectivity index (χ3v) is 1.56. The Kier molecular flexibility index (Phi) is 2.58. The topological polar surface area (TPSA) is 101 Å². The Labute approximate surface area is 46.5 Å². The summed E-state index contributed by atoms with van der Waals surface area (Å²) in [6.45, 7) is 0. The third kappa shape index (κ3) is 6.06. The molecule has 0 heterocycles. The maximum Gasteiger partial charge on any atom is 0.484 e. The molecule has 0 atom stereocenters. The highest BCUT2D eigenvalue weighted by molar-refractivity contribution is 7.74. The van der Waals surface area contributed by atoms with Crippen LogP contribution in [0.25, 0.3) is 0 Å². The van der Waals surface area contributed by atoms with E-state index >= 15 is 0 Å². The molecule has 0 radical (unpaired) electrons. The second kappa shape index (κ2) is 2.56. The molecule has 8 heteroatoms. The Hall–Kier alpha value is 0.0600. The minimum Gasteiger partial charge on any atom is -0.302 e. The van der Waals surface area contributed by atoms with Crippen molar-refractivity contribution in [2.45, 2.75) is 0 Å². The second-order valence-electron chi connectivity index (χ2n) is 0.796. The zero-order valence-electron chi connectivity index (χ0n) is 3.42. The van der Waals surface area contributed by atoms with E-state index in [1.54, 1.807) is 0 Å². The van der Waals surface area contributed by atoms with Crippen LogP contribution in [-0.4, -0.2) is 18.2 Å². The van der Waals surface area contributed by atoms with E-state index in [1.165, 1.54) is 0 Å². The molecule has 0 spiro atoms. The Morgan fingerprint density at radius 1 is 1.38 bits per heavy atom. The zero-order valence-corrected chi connectivity index (χ0v) is 5.21. The molecule has 0 aromatic rings. The van der Waals surface area contributed by atoms with Gasteiger partial charge in [0, 0.05) is 0 Å². The van der Waals surface area contributed by atoms with Crippen LogP contribution in [0.5, 0.6) is 0 Å². The lowest BCUT2D eigenvalue weighted by Gasteiger charge is -1.92. The van der Waals surface area contributed by atoms with Crippen molar-refractivity contribution in [2.24, 2.45) is 0 Å². The summed E-state index contributed by atoms with van der Waals surface area (Å²) >= 11 is 0. The van der Waals surface area contributed by atoms with Crippen LogP contribution in [0.1, 0.15) is 0 Å². The first kappa shape index (κ1) is 8.06. The van der Waals surface area contributed by atoms with Gasteiger partial charge in [0.1, 0.15) is 0 Å². The highest BCUT2D eigenvalue weighted by atomic mass is 32.2. The van der Waals surface area contributed by atoms with E-state index in [2.05, 4.69) is 3.97 Å². The molecule has 0 rings (SSSR count). The van der Waals surface area contributed by atoms with Crippen molar-refractivity contribution in [3.05, 3.63) is 0 Å². The largest absolute Gasteiger partial charge is 0.484 e. The van der Waals surface area contributed by atoms with Crippen LogP contribution in [0.4, 0.5) is 0 Å². The molecule has 2 N–H and O–H groups in total. The molecule has 6 nitrogen and oxygen atoms in total. The summed E-state index contributed by atoms with van der Waals surface area (Å²) in [4.78, 5) is 15.4. The first-order valence-electron chi connectivity index (χ1n) is 1.31. The van der Waals surface area contributed by atoms with E-state index in [0.29, 0.717) is 0 Å². The standard InChI is InChI=1S/H3O6PS/c1-7(2,3)6-8(4)5/h8H,(H2,1,2,3). The monoisotopic (exact) mass is 162 g/mol. The fourth-order valence-corrected chi connectivity index (χ4v) is 0.782. The van der Waals surface area contributed by atoms with E-state index in [0.717, 1.165) is 0 Å². The van der Waals surface area contributed by atoms with Crippen molar-refractivity contribution < 1.29 is 26.7 Å². The van der Waals surface area contributed by atoms with Gasteiger partial charge in [-0.15, -0.1) is 0 Å². The first-order valence-corrected chi connectivity index (χ1v) is 3.94. The molecule has 0 aliphatic rings. The maximum absolute atomic E-state index is 9.53.